The van der Waals surface area contributed by atoms with Crippen LogP contribution in [0.25, 0.3) is 0 Å². The monoisotopic (exact) mass is 270 g/mol. The van der Waals surface area contributed by atoms with Crippen molar-refractivity contribution < 1.29 is 4.74 Å². The van der Waals surface area contributed by atoms with Crippen LogP contribution in [0.3, 0.4) is 0 Å². The highest BCUT2D eigenvalue weighted by molar-refractivity contribution is 4.86. The second-order valence-corrected chi connectivity index (χ2v) is 6.35. The minimum atomic E-state index is 0.512. The molecular formula is C16H34N2O. The highest BCUT2D eigenvalue weighted by Gasteiger charge is 2.27. The van der Waals surface area contributed by atoms with Gasteiger partial charge in [0.15, 0.2) is 0 Å². The van der Waals surface area contributed by atoms with E-state index >= 15 is 0 Å². The van der Waals surface area contributed by atoms with Gasteiger partial charge >= 0.3 is 0 Å². The van der Waals surface area contributed by atoms with Crippen molar-refractivity contribution in [1.29, 1.82) is 0 Å². The molecule has 3 heteroatoms. The van der Waals surface area contributed by atoms with Gasteiger partial charge in [-0.1, -0.05) is 27.7 Å². The molecule has 0 aromatic carbocycles. The predicted octanol–water partition coefficient (Wildman–Crippen LogP) is 2.90. The highest BCUT2D eigenvalue weighted by atomic mass is 16.5. The number of nitrogens with one attached hydrogen (secondary N) is 1. The van der Waals surface area contributed by atoms with Gasteiger partial charge in [-0.3, -0.25) is 4.90 Å². The Morgan fingerprint density at radius 2 is 1.79 bits per heavy atom. The Balaban J connectivity index is 2.62. The quantitative estimate of drug-likeness (QED) is 0.625. The van der Waals surface area contributed by atoms with Crippen LogP contribution in [-0.4, -0.2) is 49.8 Å². The average molecular weight is 270 g/mol. The molecule has 114 valence electrons. The fourth-order valence-corrected chi connectivity index (χ4v) is 2.83. The minimum Gasteiger partial charge on any atom is -0.383 e. The van der Waals surface area contributed by atoms with E-state index in [0.29, 0.717) is 18.0 Å². The second kappa shape index (κ2) is 8.93. The molecule has 0 bridgehead atoms. The van der Waals surface area contributed by atoms with E-state index in [1.165, 1.54) is 32.2 Å². The molecule has 1 fully saturated rings. The zero-order valence-corrected chi connectivity index (χ0v) is 13.6. The van der Waals surface area contributed by atoms with Crippen molar-refractivity contribution in [3.05, 3.63) is 0 Å². The summed E-state index contributed by atoms with van der Waals surface area (Å²) < 4.78 is 5.48. The van der Waals surface area contributed by atoms with E-state index in [1.54, 1.807) is 0 Å². The number of ether oxygens (including phenoxy) is 1. The van der Waals surface area contributed by atoms with Gasteiger partial charge < -0.3 is 10.1 Å². The first-order valence-electron chi connectivity index (χ1n) is 8.10. The number of rotatable bonds is 11. The fourth-order valence-electron chi connectivity index (χ4n) is 2.83. The Morgan fingerprint density at radius 3 is 2.21 bits per heavy atom. The smallest absolute Gasteiger partial charge is 0.0630 e. The number of hydrogen-bond donors (Lipinski definition) is 1. The van der Waals surface area contributed by atoms with Crippen molar-refractivity contribution >= 4 is 0 Å². The average Bonchev–Trinajstić information content (AvgIpc) is 3.18. The van der Waals surface area contributed by atoms with Crippen LogP contribution in [-0.2, 0) is 4.74 Å². The molecule has 1 rings (SSSR count). The van der Waals surface area contributed by atoms with E-state index < -0.39 is 0 Å². The molecule has 1 aliphatic rings. The van der Waals surface area contributed by atoms with E-state index in [4.69, 9.17) is 4.74 Å². The van der Waals surface area contributed by atoms with E-state index in [0.717, 1.165) is 19.2 Å². The zero-order chi connectivity index (χ0) is 14.3. The van der Waals surface area contributed by atoms with Crippen LogP contribution in [0.5, 0.6) is 0 Å². The van der Waals surface area contributed by atoms with Gasteiger partial charge in [0.05, 0.1) is 6.61 Å². The number of nitrogens with zero attached hydrogens (tertiary/aromatic N) is 1. The predicted molar refractivity (Wildman–Crippen MR) is 82.6 cm³/mol. The van der Waals surface area contributed by atoms with E-state index in [9.17, 15) is 0 Å². The molecular weight excluding hydrogens is 236 g/mol. The van der Waals surface area contributed by atoms with E-state index in [1.807, 2.05) is 7.11 Å². The Kier molecular flexibility index (Phi) is 7.96. The molecule has 3 nitrogen and oxygen atoms in total. The maximum atomic E-state index is 5.48. The SMILES string of the molecule is CCC(CC)N(CC(C)C)C(CNC1CC1)COC. The van der Waals surface area contributed by atoms with Crippen molar-refractivity contribution in [2.75, 3.05) is 26.8 Å². The number of hydrogen-bond acceptors (Lipinski definition) is 3. The van der Waals surface area contributed by atoms with E-state index in [2.05, 4.69) is 37.9 Å². The normalized spacial score (nSPS) is 17.7. The lowest BCUT2D eigenvalue weighted by molar-refractivity contribution is 0.0479. The van der Waals surface area contributed by atoms with Crippen molar-refractivity contribution in [2.24, 2.45) is 5.92 Å². The summed E-state index contributed by atoms with van der Waals surface area (Å²) in [6.45, 7) is 12.3. The lowest BCUT2D eigenvalue weighted by Gasteiger charge is -2.38. The summed E-state index contributed by atoms with van der Waals surface area (Å²) in [7, 11) is 1.82. The van der Waals surface area contributed by atoms with Crippen molar-refractivity contribution in [2.45, 2.75) is 71.5 Å². The Morgan fingerprint density at radius 1 is 1.16 bits per heavy atom. The summed E-state index contributed by atoms with van der Waals surface area (Å²) in [6.07, 6.45) is 5.17. The topological polar surface area (TPSA) is 24.5 Å². The molecule has 1 unspecified atom stereocenters. The molecule has 0 aliphatic heterocycles. The lowest BCUT2D eigenvalue weighted by Crippen LogP contribution is -2.51. The molecule has 0 heterocycles. The first kappa shape index (κ1) is 16.9. The van der Waals surface area contributed by atoms with Crippen LogP contribution in [0, 0.1) is 5.92 Å². The molecule has 1 aliphatic carbocycles. The molecule has 1 atom stereocenters. The van der Waals surface area contributed by atoms with Crippen molar-refractivity contribution in [3.8, 4) is 0 Å². The third-order valence-corrected chi connectivity index (χ3v) is 4.04. The fraction of sp³-hybridized carbons (Fsp3) is 1.00. The molecule has 0 amide bonds. The number of methoxy groups -OCH3 is 1. The van der Waals surface area contributed by atoms with Gasteiger partial charge in [-0.2, -0.15) is 0 Å². The standard InChI is InChI=1S/C16H34N2O/c1-6-15(7-2)18(11-13(3)4)16(12-19-5)10-17-14-8-9-14/h13-17H,6-12H2,1-5H3. The van der Waals surface area contributed by atoms with Gasteiger partial charge in [-0.25, -0.2) is 0 Å². The van der Waals surface area contributed by atoms with Crippen LogP contribution in [0.15, 0.2) is 0 Å². The van der Waals surface area contributed by atoms with Gasteiger partial charge in [0.1, 0.15) is 0 Å². The summed E-state index contributed by atoms with van der Waals surface area (Å²) in [5.41, 5.74) is 0. The van der Waals surface area contributed by atoms with Gasteiger partial charge in [0, 0.05) is 38.3 Å². The van der Waals surface area contributed by atoms with E-state index in [-0.39, 0.29) is 0 Å². The summed E-state index contributed by atoms with van der Waals surface area (Å²) in [4.78, 5) is 2.68. The van der Waals surface area contributed by atoms with Gasteiger partial charge in [-0.05, 0) is 31.6 Å². The Labute approximate surface area is 120 Å². The molecule has 0 aromatic heterocycles. The molecule has 0 radical (unpaired) electrons. The summed E-state index contributed by atoms with van der Waals surface area (Å²) in [5, 5.41) is 3.68. The minimum absolute atomic E-state index is 0.512. The van der Waals surface area contributed by atoms with Gasteiger partial charge in [-0.15, -0.1) is 0 Å². The van der Waals surface area contributed by atoms with Crippen LogP contribution < -0.4 is 5.32 Å². The Hall–Kier alpha value is -0.120. The zero-order valence-electron chi connectivity index (χ0n) is 13.6. The van der Waals surface area contributed by atoms with Crippen molar-refractivity contribution in [1.82, 2.24) is 10.2 Å². The van der Waals surface area contributed by atoms with Gasteiger partial charge in [0.25, 0.3) is 0 Å². The largest absolute Gasteiger partial charge is 0.383 e. The van der Waals surface area contributed by atoms with Gasteiger partial charge in [0.2, 0.25) is 0 Å². The molecule has 0 saturated heterocycles. The van der Waals surface area contributed by atoms with Crippen LogP contribution in [0.2, 0.25) is 0 Å². The molecule has 1 saturated carbocycles. The summed E-state index contributed by atoms with van der Waals surface area (Å²) >= 11 is 0. The summed E-state index contributed by atoms with van der Waals surface area (Å²) in [6, 6.07) is 1.98. The second-order valence-electron chi connectivity index (χ2n) is 6.35. The maximum absolute atomic E-state index is 5.48. The third-order valence-electron chi connectivity index (χ3n) is 4.04. The molecule has 1 N–H and O–H groups in total. The van der Waals surface area contributed by atoms with Crippen LogP contribution >= 0.6 is 0 Å². The Bertz CT molecular complexity index is 225. The molecule has 0 aromatic rings. The third kappa shape index (κ3) is 6.24. The van der Waals surface area contributed by atoms with Crippen LogP contribution in [0.1, 0.15) is 53.4 Å². The van der Waals surface area contributed by atoms with Crippen LogP contribution in [0.4, 0.5) is 0 Å². The van der Waals surface area contributed by atoms with Crippen molar-refractivity contribution in [3.63, 3.8) is 0 Å². The first-order chi connectivity index (χ1) is 9.12. The molecule has 0 spiro atoms. The highest BCUT2D eigenvalue weighted by Crippen LogP contribution is 2.20. The lowest BCUT2D eigenvalue weighted by atomic mass is 10.0. The molecule has 19 heavy (non-hydrogen) atoms. The first-order valence-corrected chi connectivity index (χ1v) is 8.10. The summed E-state index contributed by atoms with van der Waals surface area (Å²) in [5.74, 6) is 0.709. The maximum Gasteiger partial charge on any atom is 0.0630 e.